The fourth-order valence-corrected chi connectivity index (χ4v) is 3.50. The molecule has 0 saturated carbocycles. The summed E-state index contributed by atoms with van der Waals surface area (Å²) in [5.41, 5.74) is 1.95. The maximum absolute atomic E-state index is 11.6. The van der Waals surface area contributed by atoms with Crippen molar-refractivity contribution in [3.05, 3.63) is 66.2 Å². The first-order chi connectivity index (χ1) is 12.3. The van der Waals surface area contributed by atoms with Gasteiger partial charge in [-0.25, -0.2) is 8.42 Å². The third-order valence-corrected chi connectivity index (χ3v) is 5.24. The molecule has 0 fully saturated rings. The molecule has 4 nitrogen and oxygen atoms in total. The Labute approximate surface area is 154 Å². The molecule has 0 bridgehead atoms. The quantitative estimate of drug-likeness (QED) is 0.687. The van der Waals surface area contributed by atoms with Crippen LogP contribution in [-0.4, -0.2) is 20.8 Å². The van der Waals surface area contributed by atoms with E-state index in [-0.39, 0.29) is 6.10 Å². The molecule has 136 valence electrons. The molecule has 0 aromatic heterocycles. The largest absolute Gasteiger partial charge is 0.491 e. The van der Waals surface area contributed by atoms with Crippen molar-refractivity contribution < 1.29 is 13.2 Å². The summed E-state index contributed by atoms with van der Waals surface area (Å²) < 4.78 is 29.1. The van der Waals surface area contributed by atoms with Gasteiger partial charge >= 0.3 is 0 Å². The van der Waals surface area contributed by atoms with E-state index in [0.29, 0.717) is 11.4 Å². The van der Waals surface area contributed by atoms with Crippen molar-refractivity contribution in [3.63, 3.8) is 0 Å². The second-order valence-corrected chi connectivity index (χ2v) is 8.60. The summed E-state index contributed by atoms with van der Waals surface area (Å²) >= 11 is 0. The van der Waals surface area contributed by atoms with Gasteiger partial charge in [0.25, 0.3) is 0 Å². The van der Waals surface area contributed by atoms with Crippen LogP contribution in [0, 0.1) is 0 Å². The third-order valence-electron chi connectivity index (χ3n) is 4.11. The molecule has 26 heavy (non-hydrogen) atoms. The summed E-state index contributed by atoms with van der Waals surface area (Å²) in [5, 5.41) is 5.67. The van der Waals surface area contributed by atoms with Crippen molar-refractivity contribution in [2.75, 3.05) is 11.6 Å². The molecule has 0 aliphatic rings. The number of nitrogens with one attached hydrogen (secondary N) is 1. The summed E-state index contributed by atoms with van der Waals surface area (Å²) in [5.74, 6) is 0.860. The fourth-order valence-electron chi connectivity index (χ4n) is 2.87. The van der Waals surface area contributed by atoms with E-state index in [1.165, 1.54) is 6.26 Å². The van der Waals surface area contributed by atoms with Crippen molar-refractivity contribution in [3.8, 4) is 5.75 Å². The Hall–Kier alpha value is -2.53. The maximum atomic E-state index is 11.6. The van der Waals surface area contributed by atoms with Crippen molar-refractivity contribution in [1.82, 2.24) is 0 Å². The first kappa shape index (κ1) is 18.3. The molecule has 0 amide bonds. The van der Waals surface area contributed by atoms with Gasteiger partial charge < -0.3 is 10.1 Å². The molecule has 0 heterocycles. The van der Waals surface area contributed by atoms with E-state index in [0.717, 1.165) is 27.8 Å². The Morgan fingerprint density at radius 2 is 1.65 bits per heavy atom. The van der Waals surface area contributed by atoms with Crippen molar-refractivity contribution in [2.45, 2.75) is 31.4 Å². The number of anilines is 1. The van der Waals surface area contributed by atoms with Gasteiger partial charge in [0.2, 0.25) is 0 Å². The van der Waals surface area contributed by atoms with Gasteiger partial charge in [0.05, 0.1) is 11.0 Å². The topological polar surface area (TPSA) is 55.4 Å². The molecule has 0 spiro atoms. The molecule has 0 atom stereocenters. The number of hydrogen-bond donors (Lipinski definition) is 1. The van der Waals surface area contributed by atoms with E-state index >= 15 is 0 Å². The van der Waals surface area contributed by atoms with Crippen LogP contribution >= 0.6 is 0 Å². The van der Waals surface area contributed by atoms with Crippen LogP contribution in [0.3, 0.4) is 0 Å². The molecule has 0 unspecified atom stereocenters. The second-order valence-electron chi connectivity index (χ2n) is 6.58. The zero-order valence-electron chi connectivity index (χ0n) is 15.2. The summed E-state index contributed by atoms with van der Waals surface area (Å²) in [6.45, 7) is 4.61. The van der Waals surface area contributed by atoms with E-state index < -0.39 is 9.84 Å². The normalized spacial score (nSPS) is 11.7. The minimum atomic E-state index is -3.18. The number of hydrogen-bond acceptors (Lipinski definition) is 4. The number of benzene rings is 3. The van der Waals surface area contributed by atoms with Gasteiger partial charge in [-0.2, -0.15) is 0 Å². The average Bonchev–Trinajstić information content (AvgIpc) is 2.60. The summed E-state index contributed by atoms with van der Waals surface area (Å²) in [6, 6.07) is 19.1. The Kier molecular flexibility index (Phi) is 5.18. The van der Waals surface area contributed by atoms with Crippen molar-refractivity contribution in [1.29, 1.82) is 0 Å². The predicted molar refractivity (Wildman–Crippen MR) is 107 cm³/mol. The van der Waals surface area contributed by atoms with Gasteiger partial charge in [0.15, 0.2) is 9.84 Å². The van der Waals surface area contributed by atoms with Gasteiger partial charge in [-0.15, -0.1) is 0 Å². The van der Waals surface area contributed by atoms with Crippen LogP contribution in [0.25, 0.3) is 10.8 Å². The van der Waals surface area contributed by atoms with Gasteiger partial charge in [-0.1, -0.05) is 30.3 Å². The Morgan fingerprint density at radius 1 is 0.962 bits per heavy atom. The molecule has 3 aromatic rings. The average molecular weight is 369 g/mol. The molecular formula is C21H23NO3S. The number of fused-ring (bicyclic) bond motifs is 1. The van der Waals surface area contributed by atoms with Gasteiger partial charge in [-0.05, 0) is 55.0 Å². The van der Waals surface area contributed by atoms with Gasteiger partial charge in [0.1, 0.15) is 5.75 Å². The minimum Gasteiger partial charge on any atom is -0.491 e. The lowest BCUT2D eigenvalue weighted by Gasteiger charge is -2.17. The van der Waals surface area contributed by atoms with Crippen molar-refractivity contribution in [2.24, 2.45) is 0 Å². The van der Waals surface area contributed by atoms with Crippen molar-refractivity contribution >= 4 is 26.3 Å². The van der Waals surface area contributed by atoms with Crippen LogP contribution in [0.4, 0.5) is 5.69 Å². The van der Waals surface area contributed by atoms with Gasteiger partial charge in [-0.3, -0.25) is 0 Å². The lowest BCUT2D eigenvalue weighted by Crippen LogP contribution is -2.10. The highest BCUT2D eigenvalue weighted by molar-refractivity contribution is 7.90. The molecule has 0 radical (unpaired) electrons. The first-order valence-electron chi connectivity index (χ1n) is 8.56. The molecular weight excluding hydrogens is 346 g/mol. The lowest BCUT2D eigenvalue weighted by atomic mass is 10.0. The maximum Gasteiger partial charge on any atom is 0.175 e. The zero-order valence-corrected chi connectivity index (χ0v) is 16.0. The molecule has 3 rings (SSSR count). The SMILES string of the molecule is CC(C)Oc1ccc2ccccc2c1CNc1ccc(S(C)(=O)=O)cc1. The van der Waals surface area contributed by atoms with Crippen LogP contribution in [0.1, 0.15) is 19.4 Å². The molecule has 0 aliphatic heterocycles. The van der Waals surface area contributed by atoms with Crippen LogP contribution < -0.4 is 10.1 Å². The molecule has 0 saturated heterocycles. The Balaban J connectivity index is 1.89. The van der Waals surface area contributed by atoms with E-state index in [1.54, 1.807) is 24.3 Å². The summed E-state index contributed by atoms with van der Waals surface area (Å²) in [4.78, 5) is 0.317. The predicted octanol–water partition coefficient (Wildman–Crippen LogP) is 4.64. The monoisotopic (exact) mass is 369 g/mol. The van der Waals surface area contributed by atoms with Crippen LogP contribution in [-0.2, 0) is 16.4 Å². The number of rotatable bonds is 6. The fraction of sp³-hybridized carbons (Fsp3) is 0.238. The Morgan fingerprint density at radius 3 is 2.31 bits per heavy atom. The van der Waals surface area contributed by atoms with E-state index in [9.17, 15) is 8.42 Å². The molecule has 5 heteroatoms. The first-order valence-corrected chi connectivity index (χ1v) is 10.4. The Bertz CT molecular complexity index is 1010. The highest BCUT2D eigenvalue weighted by atomic mass is 32.2. The summed E-state index contributed by atoms with van der Waals surface area (Å²) in [7, 11) is -3.18. The number of ether oxygens (including phenoxy) is 1. The highest BCUT2D eigenvalue weighted by Gasteiger charge is 2.11. The summed E-state index contributed by atoms with van der Waals surface area (Å²) in [6.07, 6.45) is 1.30. The van der Waals surface area contributed by atoms with E-state index in [4.69, 9.17) is 4.74 Å². The lowest BCUT2D eigenvalue weighted by molar-refractivity contribution is 0.240. The smallest absolute Gasteiger partial charge is 0.175 e. The minimum absolute atomic E-state index is 0.0870. The highest BCUT2D eigenvalue weighted by Crippen LogP contribution is 2.30. The molecule has 0 aliphatic carbocycles. The molecule has 1 N–H and O–H groups in total. The third kappa shape index (κ3) is 4.17. The van der Waals surface area contributed by atoms with Crippen LogP contribution in [0.2, 0.25) is 0 Å². The molecule has 3 aromatic carbocycles. The zero-order chi connectivity index (χ0) is 18.7. The standard InChI is InChI=1S/C21H23NO3S/c1-15(2)25-21-13-8-16-6-4-5-7-19(16)20(21)14-22-17-9-11-18(12-10-17)26(3,23)24/h4-13,15,22H,14H2,1-3H3. The second kappa shape index (κ2) is 7.38. The van der Waals surface area contributed by atoms with Crippen LogP contribution in [0.15, 0.2) is 65.6 Å². The van der Waals surface area contributed by atoms with E-state index in [2.05, 4.69) is 23.5 Å². The van der Waals surface area contributed by atoms with E-state index in [1.807, 2.05) is 32.0 Å². The van der Waals surface area contributed by atoms with Gasteiger partial charge in [0, 0.05) is 24.1 Å². The van der Waals surface area contributed by atoms with Crippen LogP contribution in [0.5, 0.6) is 5.75 Å². The number of sulfone groups is 1.